The van der Waals surface area contributed by atoms with Crippen molar-refractivity contribution < 1.29 is 4.74 Å². The fraction of sp³-hybridized carbons (Fsp3) is 0.400. The van der Waals surface area contributed by atoms with Crippen molar-refractivity contribution in [2.45, 2.75) is 17.7 Å². The van der Waals surface area contributed by atoms with Crippen molar-refractivity contribution >= 4 is 11.8 Å². The van der Waals surface area contributed by atoms with Crippen molar-refractivity contribution in [3.8, 4) is 5.75 Å². The van der Waals surface area contributed by atoms with Crippen molar-refractivity contribution in [2.24, 2.45) is 0 Å². The Morgan fingerprint density at radius 2 is 2.33 bits per heavy atom. The van der Waals surface area contributed by atoms with Crippen LogP contribution in [0, 0.1) is 0 Å². The fourth-order valence-corrected chi connectivity index (χ4v) is 1.93. The van der Waals surface area contributed by atoms with Crippen molar-refractivity contribution in [3.63, 3.8) is 0 Å². The van der Waals surface area contributed by atoms with Crippen molar-refractivity contribution in [2.75, 3.05) is 12.9 Å². The summed E-state index contributed by atoms with van der Waals surface area (Å²) in [4.78, 5) is 1.33. The molecule has 0 spiro atoms. The molecule has 0 N–H and O–H groups in total. The van der Waals surface area contributed by atoms with E-state index in [1.165, 1.54) is 16.9 Å². The summed E-state index contributed by atoms with van der Waals surface area (Å²) in [5, 5.41) is 0. The Balaban J connectivity index is 2.36. The van der Waals surface area contributed by atoms with Gasteiger partial charge in [0.2, 0.25) is 0 Å². The van der Waals surface area contributed by atoms with Crippen molar-refractivity contribution in [1.29, 1.82) is 0 Å². The number of fused-ring (bicyclic) bond motifs is 1. The summed E-state index contributed by atoms with van der Waals surface area (Å²) in [6, 6.07) is 6.44. The molecule has 1 heterocycles. The zero-order valence-electron chi connectivity index (χ0n) is 7.17. The number of rotatable bonds is 1. The van der Waals surface area contributed by atoms with Gasteiger partial charge >= 0.3 is 0 Å². The quantitative estimate of drug-likeness (QED) is 0.614. The van der Waals surface area contributed by atoms with Crippen LogP contribution in [0.2, 0.25) is 0 Å². The van der Waals surface area contributed by atoms with E-state index in [1.54, 1.807) is 11.8 Å². The van der Waals surface area contributed by atoms with Crippen molar-refractivity contribution in [1.82, 2.24) is 0 Å². The molecule has 0 aromatic heterocycles. The van der Waals surface area contributed by atoms with Crippen LogP contribution in [0.3, 0.4) is 0 Å². The third-order valence-corrected chi connectivity index (χ3v) is 2.84. The molecule has 0 aliphatic carbocycles. The lowest BCUT2D eigenvalue weighted by molar-refractivity contribution is 0.288. The Bertz CT molecular complexity index is 283. The van der Waals surface area contributed by atoms with Crippen LogP contribution in [0.25, 0.3) is 0 Å². The van der Waals surface area contributed by atoms with Gasteiger partial charge in [0.05, 0.1) is 6.61 Å². The van der Waals surface area contributed by atoms with E-state index >= 15 is 0 Å². The van der Waals surface area contributed by atoms with E-state index in [2.05, 4.69) is 24.5 Å². The number of hydrogen-bond acceptors (Lipinski definition) is 2. The predicted octanol–water partition coefficient (Wildman–Crippen LogP) is 2.73. The first-order chi connectivity index (χ1) is 5.90. The van der Waals surface area contributed by atoms with Gasteiger partial charge in [-0.1, -0.05) is 0 Å². The number of ether oxygens (including phenoxy) is 1. The number of hydrogen-bond donors (Lipinski definition) is 0. The molecule has 1 aromatic rings. The molecule has 0 radical (unpaired) electrons. The van der Waals surface area contributed by atoms with Gasteiger partial charge in [0.15, 0.2) is 0 Å². The highest BCUT2D eigenvalue weighted by Crippen LogP contribution is 2.28. The van der Waals surface area contributed by atoms with E-state index in [0.29, 0.717) is 0 Å². The zero-order chi connectivity index (χ0) is 8.39. The van der Waals surface area contributed by atoms with Crippen LogP contribution in [-0.4, -0.2) is 12.9 Å². The number of benzene rings is 1. The molecule has 0 bridgehead atoms. The molecule has 0 fully saturated rings. The van der Waals surface area contributed by atoms with Gasteiger partial charge in [0.1, 0.15) is 5.75 Å². The van der Waals surface area contributed by atoms with E-state index in [4.69, 9.17) is 4.74 Å². The van der Waals surface area contributed by atoms with Crippen LogP contribution in [-0.2, 0) is 6.42 Å². The maximum atomic E-state index is 5.51. The van der Waals surface area contributed by atoms with E-state index in [1.807, 2.05) is 0 Å². The molecule has 1 aliphatic rings. The first-order valence-electron chi connectivity index (χ1n) is 4.20. The molecule has 0 saturated carbocycles. The monoisotopic (exact) mass is 180 g/mol. The second-order valence-electron chi connectivity index (χ2n) is 2.93. The Hall–Kier alpha value is -0.630. The average molecular weight is 180 g/mol. The Morgan fingerprint density at radius 1 is 1.42 bits per heavy atom. The molecule has 12 heavy (non-hydrogen) atoms. The summed E-state index contributed by atoms with van der Waals surface area (Å²) in [7, 11) is 0. The summed E-state index contributed by atoms with van der Waals surface area (Å²) in [5.41, 5.74) is 1.37. The molecular weight excluding hydrogens is 168 g/mol. The van der Waals surface area contributed by atoms with Crippen LogP contribution in [0.5, 0.6) is 5.75 Å². The number of thioether (sulfide) groups is 1. The SMILES string of the molecule is CSc1ccc2c(c1)CCCO2. The Kier molecular flexibility index (Phi) is 2.26. The highest BCUT2D eigenvalue weighted by atomic mass is 32.2. The molecule has 64 valence electrons. The minimum Gasteiger partial charge on any atom is -0.493 e. The third-order valence-electron chi connectivity index (χ3n) is 2.12. The lowest BCUT2D eigenvalue weighted by Gasteiger charge is -2.17. The van der Waals surface area contributed by atoms with Gasteiger partial charge < -0.3 is 4.74 Å². The summed E-state index contributed by atoms with van der Waals surface area (Å²) < 4.78 is 5.51. The standard InChI is InChI=1S/C10H12OS/c1-12-9-4-5-10-8(7-9)3-2-6-11-10/h4-5,7H,2-3,6H2,1H3. The normalized spacial score (nSPS) is 15.1. The van der Waals surface area contributed by atoms with Gasteiger partial charge in [-0.05, 0) is 42.9 Å². The maximum Gasteiger partial charge on any atom is 0.122 e. The van der Waals surface area contributed by atoms with Gasteiger partial charge in [-0.2, -0.15) is 0 Å². The maximum absolute atomic E-state index is 5.51. The van der Waals surface area contributed by atoms with E-state index < -0.39 is 0 Å². The van der Waals surface area contributed by atoms with Crippen LogP contribution >= 0.6 is 11.8 Å². The van der Waals surface area contributed by atoms with E-state index in [0.717, 1.165) is 18.8 Å². The van der Waals surface area contributed by atoms with E-state index in [-0.39, 0.29) is 0 Å². The summed E-state index contributed by atoms with van der Waals surface area (Å²) in [6.45, 7) is 0.881. The predicted molar refractivity (Wildman–Crippen MR) is 52.0 cm³/mol. The van der Waals surface area contributed by atoms with Crippen LogP contribution in [0.15, 0.2) is 23.1 Å². The largest absolute Gasteiger partial charge is 0.493 e. The highest BCUT2D eigenvalue weighted by Gasteiger charge is 2.09. The summed E-state index contributed by atoms with van der Waals surface area (Å²) >= 11 is 1.79. The average Bonchev–Trinajstić information content (AvgIpc) is 2.17. The smallest absolute Gasteiger partial charge is 0.122 e. The highest BCUT2D eigenvalue weighted by molar-refractivity contribution is 7.98. The van der Waals surface area contributed by atoms with Gasteiger partial charge in [-0.25, -0.2) is 0 Å². The molecule has 2 heteroatoms. The molecule has 0 unspecified atom stereocenters. The second-order valence-corrected chi connectivity index (χ2v) is 3.81. The van der Waals surface area contributed by atoms with Gasteiger partial charge in [0.25, 0.3) is 0 Å². The molecule has 1 nitrogen and oxygen atoms in total. The van der Waals surface area contributed by atoms with Crippen LogP contribution in [0.4, 0.5) is 0 Å². The minimum absolute atomic E-state index is 0.881. The first kappa shape index (κ1) is 7.99. The molecule has 0 amide bonds. The molecule has 1 aromatic carbocycles. The molecular formula is C10H12OS. The Labute approximate surface area is 77.1 Å². The fourth-order valence-electron chi connectivity index (χ4n) is 1.46. The third kappa shape index (κ3) is 1.44. The van der Waals surface area contributed by atoms with Gasteiger partial charge in [-0.15, -0.1) is 11.8 Å². The lowest BCUT2D eigenvalue weighted by Crippen LogP contribution is -2.07. The van der Waals surface area contributed by atoms with Gasteiger partial charge in [0, 0.05) is 4.90 Å². The zero-order valence-corrected chi connectivity index (χ0v) is 7.99. The van der Waals surface area contributed by atoms with Crippen LogP contribution < -0.4 is 4.74 Å². The number of aryl methyl sites for hydroxylation is 1. The summed E-state index contributed by atoms with van der Waals surface area (Å²) in [6.07, 6.45) is 4.43. The lowest BCUT2D eigenvalue weighted by atomic mass is 10.1. The molecule has 0 saturated heterocycles. The Morgan fingerprint density at radius 3 is 3.17 bits per heavy atom. The summed E-state index contributed by atoms with van der Waals surface area (Å²) in [5.74, 6) is 1.08. The van der Waals surface area contributed by atoms with Crippen molar-refractivity contribution in [3.05, 3.63) is 23.8 Å². The van der Waals surface area contributed by atoms with Crippen LogP contribution in [0.1, 0.15) is 12.0 Å². The topological polar surface area (TPSA) is 9.23 Å². The molecule has 1 aliphatic heterocycles. The molecule has 0 atom stereocenters. The van der Waals surface area contributed by atoms with E-state index in [9.17, 15) is 0 Å². The minimum atomic E-state index is 0.881. The molecule has 2 rings (SSSR count). The van der Waals surface area contributed by atoms with Gasteiger partial charge in [-0.3, -0.25) is 0 Å². The first-order valence-corrected chi connectivity index (χ1v) is 5.42. The second kappa shape index (κ2) is 3.40.